The third kappa shape index (κ3) is 3.51. The molecule has 1 amide bonds. The molecule has 2 aromatic carbocycles. The first kappa shape index (κ1) is 14.4. The maximum Gasteiger partial charge on any atom is 0.255 e. The average molecular weight is 336 g/mol. The van der Waals surface area contributed by atoms with Crippen LogP contribution in [0, 0.1) is 0 Å². The minimum atomic E-state index is -0.193. The van der Waals surface area contributed by atoms with Gasteiger partial charge in [-0.05, 0) is 18.2 Å². The number of hydrogen-bond donors (Lipinski definition) is 1. The number of carbonyl (C=O) groups is 1. The van der Waals surface area contributed by atoms with Crippen molar-refractivity contribution in [3.8, 4) is 11.5 Å². The van der Waals surface area contributed by atoms with Gasteiger partial charge in [0.15, 0.2) is 0 Å². The standard InChI is InChI=1S/C15H14BrNO3/c1-19-13-7-12(8-14(9-13)20-2)17-15(18)10-4-3-5-11(16)6-10/h3-9H,1-2H3,(H,17,18). The molecule has 4 nitrogen and oxygen atoms in total. The Morgan fingerprint density at radius 3 is 2.25 bits per heavy atom. The van der Waals surface area contributed by atoms with Gasteiger partial charge in [0.2, 0.25) is 0 Å². The van der Waals surface area contributed by atoms with Gasteiger partial charge in [-0.25, -0.2) is 0 Å². The fraction of sp³-hybridized carbons (Fsp3) is 0.133. The summed E-state index contributed by atoms with van der Waals surface area (Å²) in [6.07, 6.45) is 0. The quantitative estimate of drug-likeness (QED) is 0.926. The molecular weight excluding hydrogens is 322 g/mol. The topological polar surface area (TPSA) is 47.6 Å². The maximum atomic E-state index is 12.2. The minimum absolute atomic E-state index is 0.193. The zero-order valence-electron chi connectivity index (χ0n) is 11.1. The first-order valence-electron chi connectivity index (χ1n) is 5.92. The highest BCUT2D eigenvalue weighted by Gasteiger charge is 2.08. The van der Waals surface area contributed by atoms with Crippen molar-refractivity contribution in [3.05, 3.63) is 52.5 Å². The maximum absolute atomic E-state index is 12.2. The van der Waals surface area contributed by atoms with E-state index >= 15 is 0 Å². The minimum Gasteiger partial charge on any atom is -0.497 e. The third-order valence-corrected chi connectivity index (χ3v) is 3.19. The fourth-order valence-electron chi connectivity index (χ4n) is 1.71. The highest BCUT2D eigenvalue weighted by Crippen LogP contribution is 2.26. The Bertz CT molecular complexity index is 606. The van der Waals surface area contributed by atoms with Crippen LogP contribution in [0.5, 0.6) is 11.5 Å². The van der Waals surface area contributed by atoms with E-state index in [9.17, 15) is 4.79 Å². The largest absolute Gasteiger partial charge is 0.497 e. The number of hydrogen-bond acceptors (Lipinski definition) is 3. The lowest BCUT2D eigenvalue weighted by Crippen LogP contribution is -2.11. The van der Waals surface area contributed by atoms with Crippen molar-refractivity contribution in [1.29, 1.82) is 0 Å². The molecule has 1 N–H and O–H groups in total. The van der Waals surface area contributed by atoms with Crippen molar-refractivity contribution < 1.29 is 14.3 Å². The van der Waals surface area contributed by atoms with Crippen LogP contribution in [-0.4, -0.2) is 20.1 Å². The Hall–Kier alpha value is -2.01. The lowest BCUT2D eigenvalue weighted by molar-refractivity contribution is 0.102. The molecule has 0 aromatic heterocycles. The van der Waals surface area contributed by atoms with Crippen molar-refractivity contribution in [2.45, 2.75) is 0 Å². The van der Waals surface area contributed by atoms with E-state index in [0.29, 0.717) is 22.7 Å². The summed E-state index contributed by atoms with van der Waals surface area (Å²) < 4.78 is 11.2. The molecule has 0 bridgehead atoms. The van der Waals surface area contributed by atoms with Gasteiger partial charge >= 0.3 is 0 Å². The molecule has 0 saturated carbocycles. The Morgan fingerprint density at radius 2 is 1.70 bits per heavy atom. The van der Waals surface area contributed by atoms with E-state index in [-0.39, 0.29) is 5.91 Å². The van der Waals surface area contributed by atoms with Crippen LogP contribution in [0.1, 0.15) is 10.4 Å². The van der Waals surface area contributed by atoms with Gasteiger partial charge in [-0.2, -0.15) is 0 Å². The predicted octanol–water partition coefficient (Wildman–Crippen LogP) is 3.72. The average Bonchev–Trinajstić information content (AvgIpc) is 2.46. The molecule has 0 radical (unpaired) electrons. The Kier molecular flexibility index (Phi) is 4.63. The molecule has 0 fully saturated rings. The number of halogens is 1. The smallest absolute Gasteiger partial charge is 0.255 e. The van der Waals surface area contributed by atoms with Crippen molar-refractivity contribution in [1.82, 2.24) is 0 Å². The lowest BCUT2D eigenvalue weighted by Gasteiger charge is -2.10. The summed E-state index contributed by atoms with van der Waals surface area (Å²) in [6, 6.07) is 12.4. The van der Waals surface area contributed by atoms with Crippen molar-refractivity contribution in [3.63, 3.8) is 0 Å². The van der Waals surface area contributed by atoms with Crippen LogP contribution in [0.4, 0.5) is 5.69 Å². The SMILES string of the molecule is COc1cc(NC(=O)c2cccc(Br)c2)cc(OC)c1. The summed E-state index contributed by atoms with van der Waals surface area (Å²) >= 11 is 3.34. The monoisotopic (exact) mass is 335 g/mol. The molecule has 104 valence electrons. The van der Waals surface area contributed by atoms with Gasteiger partial charge < -0.3 is 14.8 Å². The molecule has 0 atom stereocenters. The number of ether oxygens (including phenoxy) is 2. The van der Waals surface area contributed by atoms with E-state index < -0.39 is 0 Å². The molecule has 0 aliphatic carbocycles. The van der Waals surface area contributed by atoms with Gasteiger partial charge in [-0.3, -0.25) is 4.79 Å². The summed E-state index contributed by atoms with van der Waals surface area (Å²) in [7, 11) is 3.13. The Balaban J connectivity index is 2.23. The molecule has 0 aliphatic heterocycles. The molecule has 0 unspecified atom stereocenters. The van der Waals surface area contributed by atoms with Gasteiger partial charge in [0.25, 0.3) is 5.91 Å². The highest BCUT2D eigenvalue weighted by atomic mass is 79.9. The van der Waals surface area contributed by atoms with E-state index in [0.717, 1.165) is 4.47 Å². The number of benzene rings is 2. The van der Waals surface area contributed by atoms with Crippen molar-refractivity contribution in [2.75, 3.05) is 19.5 Å². The van der Waals surface area contributed by atoms with E-state index in [2.05, 4.69) is 21.2 Å². The Morgan fingerprint density at radius 1 is 1.05 bits per heavy atom. The van der Waals surface area contributed by atoms with Gasteiger partial charge in [0.1, 0.15) is 11.5 Å². The second-order valence-corrected chi connectivity index (χ2v) is 4.98. The number of rotatable bonds is 4. The molecule has 0 saturated heterocycles. The fourth-order valence-corrected chi connectivity index (χ4v) is 2.11. The number of anilines is 1. The second kappa shape index (κ2) is 6.43. The van der Waals surface area contributed by atoms with Crippen LogP contribution in [-0.2, 0) is 0 Å². The van der Waals surface area contributed by atoms with Crippen LogP contribution in [0.25, 0.3) is 0 Å². The van der Waals surface area contributed by atoms with Gasteiger partial charge in [0.05, 0.1) is 14.2 Å². The number of nitrogens with one attached hydrogen (secondary N) is 1. The summed E-state index contributed by atoms with van der Waals surface area (Å²) in [6.45, 7) is 0. The highest BCUT2D eigenvalue weighted by molar-refractivity contribution is 9.10. The van der Waals surface area contributed by atoms with Crippen molar-refractivity contribution >= 4 is 27.5 Å². The van der Waals surface area contributed by atoms with Gasteiger partial charge in [-0.1, -0.05) is 22.0 Å². The van der Waals surface area contributed by atoms with Crippen LogP contribution in [0.15, 0.2) is 46.9 Å². The normalized spacial score (nSPS) is 9.95. The third-order valence-electron chi connectivity index (χ3n) is 2.70. The second-order valence-electron chi connectivity index (χ2n) is 4.07. The van der Waals surface area contributed by atoms with Gasteiger partial charge in [0, 0.05) is 33.9 Å². The van der Waals surface area contributed by atoms with E-state index in [1.807, 2.05) is 12.1 Å². The van der Waals surface area contributed by atoms with Crippen LogP contribution in [0.3, 0.4) is 0 Å². The van der Waals surface area contributed by atoms with Crippen LogP contribution in [0.2, 0.25) is 0 Å². The number of amides is 1. The molecule has 0 spiro atoms. The predicted molar refractivity (Wildman–Crippen MR) is 81.6 cm³/mol. The molecular formula is C15H14BrNO3. The van der Waals surface area contributed by atoms with E-state index in [1.165, 1.54) is 0 Å². The first-order valence-corrected chi connectivity index (χ1v) is 6.71. The first-order chi connectivity index (χ1) is 9.62. The lowest BCUT2D eigenvalue weighted by atomic mass is 10.2. The molecule has 2 aromatic rings. The Labute approximate surface area is 125 Å². The number of methoxy groups -OCH3 is 2. The molecule has 2 rings (SSSR count). The zero-order chi connectivity index (χ0) is 14.5. The summed E-state index contributed by atoms with van der Waals surface area (Å²) in [5.41, 5.74) is 1.19. The summed E-state index contributed by atoms with van der Waals surface area (Å²) in [5.74, 6) is 1.05. The number of carbonyl (C=O) groups excluding carboxylic acids is 1. The van der Waals surface area contributed by atoms with Crippen LogP contribution < -0.4 is 14.8 Å². The van der Waals surface area contributed by atoms with E-state index in [4.69, 9.17) is 9.47 Å². The van der Waals surface area contributed by atoms with Gasteiger partial charge in [-0.15, -0.1) is 0 Å². The summed E-state index contributed by atoms with van der Waals surface area (Å²) in [5, 5.41) is 2.82. The molecule has 5 heteroatoms. The summed E-state index contributed by atoms with van der Waals surface area (Å²) in [4.78, 5) is 12.2. The molecule has 0 heterocycles. The zero-order valence-corrected chi connectivity index (χ0v) is 12.7. The van der Waals surface area contributed by atoms with Crippen LogP contribution >= 0.6 is 15.9 Å². The molecule has 20 heavy (non-hydrogen) atoms. The van der Waals surface area contributed by atoms with E-state index in [1.54, 1.807) is 44.6 Å². The molecule has 0 aliphatic rings. The van der Waals surface area contributed by atoms with Crippen molar-refractivity contribution in [2.24, 2.45) is 0 Å².